The largest absolute Gasteiger partial charge is 0.334 e. The second-order valence-electron chi connectivity index (χ2n) is 6.14. The highest BCUT2D eigenvalue weighted by molar-refractivity contribution is 5.82. The highest BCUT2D eigenvalue weighted by atomic mass is 16.7. The van der Waals surface area contributed by atoms with Crippen molar-refractivity contribution in [3.05, 3.63) is 18.0 Å². The fourth-order valence-corrected chi connectivity index (χ4v) is 3.09. The Morgan fingerprint density at radius 2 is 2.26 bits per heavy atom. The highest BCUT2D eigenvalue weighted by Crippen LogP contribution is 2.24. The van der Waals surface area contributed by atoms with E-state index in [-0.39, 0.29) is 11.8 Å². The van der Waals surface area contributed by atoms with E-state index in [1.807, 2.05) is 6.07 Å². The molecule has 1 aromatic rings. The van der Waals surface area contributed by atoms with E-state index in [9.17, 15) is 9.59 Å². The topological polar surface area (TPSA) is 67.7 Å². The van der Waals surface area contributed by atoms with Crippen LogP contribution in [-0.2, 0) is 21.0 Å². The van der Waals surface area contributed by atoms with Crippen LogP contribution in [0.5, 0.6) is 0 Å². The second-order valence-corrected chi connectivity index (χ2v) is 6.14. The lowest BCUT2D eigenvalue weighted by Gasteiger charge is -2.36. The Bertz CT molecular complexity index is 565. The average molecular weight is 320 g/mol. The van der Waals surface area contributed by atoms with Crippen molar-refractivity contribution in [1.29, 1.82) is 0 Å². The molecule has 2 aliphatic rings. The molecule has 7 nitrogen and oxygen atoms in total. The molecule has 1 atom stereocenters. The maximum atomic E-state index is 12.8. The van der Waals surface area contributed by atoms with Gasteiger partial charge in [-0.05, 0) is 25.3 Å². The SMILES string of the molecule is CCCCC(=O)N1Cc2ccnn2C(C(=O)N2CCCCO2)C1. The van der Waals surface area contributed by atoms with Gasteiger partial charge in [0.2, 0.25) is 5.91 Å². The van der Waals surface area contributed by atoms with E-state index in [0.717, 1.165) is 31.4 Å². The van der Waals surface area contributed by atoms with Crippen LogP contribution >= 0.6 is 0 Å². The number of rotatable bonds is 4. The molecule has 0 bridgehead atoms. The molecule has 0 aromatic carbocycles. The summed E-state index contributed by atoms with van der Waals surface area (Å²) in [5.41, 5.74) is 0.899. The Balaban J connectivity index is 1.76. The van der Waals surface area contributed by atoms with Crippen LogP contribution in [0.2, 0.25) is 0 Å². The summed E-state index contributed by atoms with van der Waals surface area (Å²) >= 11 is 0. The predicted octanol–water partition coefficient (Wildman–Crippen LogP) is 1.51. The Morgan fingerprint density at radius 1 is 1.39 bits per heavy atom. The van der Waals surface area contributed by atoms with E-state index in [0.29, 0.717) is 32.7 Å². The van der Waals surface area contributed by atoms with E-state index in [1.165, 1.54) is 5.06 Å². The first-order valence-electron chi connectivity index (χ1n) is 8.45. The van der Waals surface area contributed by atoms with Crippen molar-refractivity contribution in [3.63, 3.8) is 0 Å². The number of unbranched alkanes of at least 4 members (excludes halogenated alkanes) is 1. The minimum Gasteiger partial charge on any atom is -0.334 e. The van der Waals surface area contributed by atoms with E-state index in [2.05, 4.69) is 12.0 Å². The molecule has 126 valence electrons. The Hall–Kier alpha value is -1.89. The lowest BCUT2D eigenvalue weighted by atomic mass is 10.1. The maximum Gasteiger partial charge on any atom is 0.272 e. The fraction of sp³-hybridized carbons (Fsp3) is 0.688. The summed E-state index contributed by atoms with van der Waals surface area (Å²) in [6.07, 6.45) is 6.01. The molecular formula is C16H24N4O3. The molecule has 0 N–H and O–H groups in total. The molecule has 1 saturated heterocycles. The number of carbonyl (C=O) groups is 2. The molecule has 2 aliphatic heterocycles. The average Bonchev–Trinajstić information content (AvgIpc) is 3.07. The molecule has 1 fully saturated rings. The van der Waals surface area contributed by atoms with Crippen LogP contribution in [0.3, 0.4) is 0 Å². The van der Waals surface area contributed by atoms with Gasteiger partial charge in [0, 0.05) is 19.2 Å². The molecule has 3 rings (SSSR count). The number of nitrogens with zero attached hydrogens (tertiary/aromatic N) is 4. The molecule has 2 amide bonds. The van der Waals surface area contributed by atoms with Gasteiger partial charge in [-0.2, -0.15) is 5.10 Å². The predicted molar refractivity (Wildman–Crippen MR) is 83.1 cm³/mol. The lowest BCUT2D eigenvalue weighted by Crippen LogP contribution is -2.49. The summed E-state index contributed by atoms with van der Waals surface area (Å²) in [6, 6.07) is 1.38. The van der Waals surface area contributed by atoms with Crippen LogP contribution in [0.25, 0.3) is 0 Å². The van der Waals surface area contributed by atoms with E-state index in [1.54, 1.807) is 15.8 Å². The van der Waals surface area contributed by atoms with Gasteiger partial charge in [0.25, 0.3) is 5.91 Å². The number of amides is 2. The summed E-state index contributed by atoms with van der Waals surface area (Å²) < 4.78 is 1.74. The van der Waals surface area contributed by atoms with Crippen molar-refractivity contribution in [3.8, 4) is 0 Å². The molecule has 0 spiro atoms. The first-order chi connectivity index (χ1) is 11.2. The van der Waals surface area contributed by atoms with Crippen LogP contribution in [0.4, 0.5) is 0 Å². The van der Waals surface area contributed by atoms with Gasteiger partial charge >= 0.3 is 0 Å². The molecule has 23 heavy (non-hydrogen) atoms. The zero-order valence-electron chi connectivity index (χ0n) is 13.6. The minimum atomic E-state index is -0.488. The fourth-order valence-electron chi connectivity index (χ4n) is 3.09. The lowest BCUT2D eigenvalue weighted by molar-refractivity contribution is -0.201. The van der Waals surface area contributed by atoms with Gasteiger partial charge in [0.15, 0.2) is 6.04 Å². The smallest absolute Gasteiger partial charge is 0.272 e. The second kappa shape index (κ2) is 7.12. The van der Waals surface area contributed by atoms with Crippen LogP contribution in [0.1, 0.15) is 50.8 Å². The van der Waals surface area contributed by atoms with Crippen molar-refractivity contribution >= 4 is 11.8 Å². The summed E-state index contributed by atoms with van der Waals surface area (Å²) in [7, 11) is 0. The van der Waals surface area contributed by atoms with E-state index in [4.69, 9.17) is 4.84 Å². The minimum absolute atomic E-state index is 0.108. The number of fused-ring (bicyclic) bond motifs is 1. The van der Waals surface area contributed by atoms with Gasteiger partial charge in [-0.25, -0.2) is 5.06 Å². The number of carbonyl (C=O) groups excluding carboxylic acids is 2. The van der Waals surface area contributed by atoms with Crippen molar-refractivity contribution < 1.29 is 14.4 Å². The first kappa shape index (κ1) is 16.0. The van der Waals surface area contributed by atoms with Gasteiger partial charge in [0.05, 0.1) is 25.4 Å². The van der Waals surface area contributed by atoms with Crippen LogP contribution in [0.15, 0.2) is 12.3 Å². The van der Waals surface area contributed by atoms with Crippen molar-refractivity contribution in [2.75, 3.05) is 19.7 Å². The summed E-state index contributed by atoms with van der Waals surface area (Å²) in [6.45, 7) is 4.14. The Labute approximate surface area is 136 Å². The third kappa shape index (κ3) is 3.39. The van der Waals surface area contributed by atoms with Crippen LogP contribution in [0, 0.1) is 0 Å². The summed E-state index contributed by atoms with van der Waals surface area (Å²) in [5.74, 6) is -0.000644. The van der Waals surface area contributed by atoms with E-state index < -0.39 is 6.04 Å². The first-order valence-corrected chi connectivity index (χ1v) is 8.45. The van der Waals surface area contributed by atoms with Crippen LogP contribution < -0.4 is 0 Å². The molecule has 7 heteroatoms. The van der Waals surface area contributed by atoms with E-state index >= 15 is 0 Å². The molecule has 0 radical (unpaired) electrons. The molecule has 1 unspecified atom stereocenters. The van der Waals surface area contributed by atoms with Gasteiger partial charge < -0.3 is 4.90 Å². The molecule has 0 aliphatic carbocycles. The Kier molecular flexibility index (Phi) is 4.95. The monoisotopic (exact) mass is 320 g/mol. The number of hydroxylamine groups is 2. The molecule has 1 aromatic heterocycles. The third-order valence-electron chi connectivity index (χ3n) is 4.42. The van der Waals surface area contributed by atoms with Gasteiger partial charge in [-0.15, -0.1) is 0 Å². The van der Waals surface area contributed by atoms with Crippen LogP contribution in [-0.4, -0.2) is 51.3 Å². The Morgan fingerprint density at radius 3 is 3.00 bits per heavy atom. The molecule has 3 heterocycles. The zero-order chi connectivity index (χ0) is 16.2. The van der Waals surface area contributed by atoms with Crippen molar-refractivity contribution in [2.45, 2.75) is 51.6 Å². The third-order valence-corrected chi connectivity index (χ3v) is 4.42. The molecule has 0 saturated carbocycles. The zero-order valence-corrected chi connectivity index (χ0v) is 13.6. The quantitative estimate of drug-likeness (QED) is 0.843. The number of hydrogen-bond acceptors (Lipinski definition) is 4. The van der Waals surface area contributed by atoms with Gasteiger partial charge in [-0.1, -0.05) is 13.3 Å². The van der Waals surface area contributed by atoms with Crippen molar-refractivity contribution in [1.82, 2.24) is 19.7 Å². The summed E-state index contributed by atoms with van der Waals surface area (Å²) in [5, 5.41) is 5.73. The normalized spacial score (nSPS) is 21.2. The maximum absolute atomic E-state index is 12.8. The standard InChI is InChI=1S/C16H24N4O3/c1-2-3-6-15(21)18-11-13-7-8-17-20(13)14(12-18)16(22)19-9-4-5-10-23-19/h7-8,14H,2-6,9-12H2,1H3. The number of aromatic nitrogens is 2. The number of hydrogen-bond donors (Lipinski definition) is 0. The highest BCUT2D eigenvalue weighted by Gasteiger charge is 2.36. The van der Waals surface area contributed by atoms with Gasteiger partial charge in [-0.3, -0.25) is 19.1 Å². The summed E-state index contributed by atoms with van der Waals surface area (Å²) in [4.78, 5) is 32.4. The van der Waals surface area contributed by atoms with Gasteiger partial charge in [0.1, 0.15) is 0 Å². The van der Waals surface area contributed by atoms with Crippen molar-refractivity contribution in [2.24, 2.45) is 0 Å². The molecular weight excluding hydrogens is 296 g/mol.